The Morgan fingerprint density at radius 1 is 0.946 bits per heavy atom. The molecule has 3 aromatic carbocycles. The number of halogens is 3. The molecule has 0 bridgehead atoms. The Morgan fingerprint density at radius 2 is 1.57 bits per heavy atom. The molecule has 0 spiro atoms. The minimum absolute atomic E-state index is 0.0263. The van der Waals surface area contributed by atoms with Gasteiger partial charge in [0.2, 0.25) is 0 Å². The van der Waals surface area contributed by atoms with E-state index in [1.165, 1.54) is 12.1 Å². The van der Waals surface area contributed by atoms with Crippen molar-refractivity contribution in [1.29, 1.82) is 0 Å². The summed E-state index contributed by atoms with van der Waals surface area (Å²) in [7, 11) is 0. The van der Waals surface area contributed by atoms with Gasteiger partial charge in [-0.1, -0.05) is 13.3 Å². The molecule has 1 atom stereocenters. The molecule has 0 aliphatic heterocycles. The number of aryl methyl sites for hydroxylation is 1. The van der Waals surface area contributed by atoms with Crippen LogP contribution in [0.3, 0.4) is 0 Å². The van der Waals surface area contributed by atoms with E-state index in [0.717, 1.165) is 47.6 Å². The largest absolute Gasteiger partial charge is 0.490 e. The summed E-state index contributed by atoms with van der Waals surface area (Å²) >= 11 is 1.70. The number of carboxylic acids is 1. The van der Waals surface area contributed by atoms with E-state index in [0.29, 0.717) is 23.0 Å². The maximum atomic E-state index is 12.7. The van der Waals surface area contributed by atoms with Crippen molar-refractivity contribution in [2.45, 2.75) is 50.3 Å². The zero-order chi connectivity index (χ0) is 26.8. The first kappa shape index (κ1) is 28.2. The summed E-state index contributed by atoms with van der Waals surface area (Å²) in [5.74, 6) is 1.90. The molecule has 0 amide bonds. The smallest absolute Gasteiger partial charge is 0.416 e. The summed E-state index contributed by atoms with van der Waals surface area (Å²) in [6, 6.07) is 17.3. The number of carbonyl (C=O) groups is 1. The zero-order valence-electron chi connectivity index (χ0n) is 20.6. The SMILES string of the molecule is CCC[C@H](CCSc1ccc(OCC(=O)O)c(C)c1)Oc1ccc(Oc2ccc(C(F)(F)F)cc2)cc1. The molecule has 5 nitrogen and oxygen atoms in total. The second kappa shape index (κ2) is 13.3. The summed E-state index contributed by atoms with van der Waals surface area (Å²) in [4.78, 5) is 11.8. The Morgan fingerprint density at radius 3 is 2.14 bits per heavy atom. The van der Waals surface area contributed by atoms with Crippen molar-refractivity contribution in [1.82, 2.24) is 0 Å². The van der Waals surface area contributed by atoms with Crippen molar-refractivity contribution < 1.29 is 37.3 Å². The third kappa shape index (κ3) is 9.24. The maximum absolute atomic E-state index is 12.7. The average Bonchev–Trinajstić information content (AvgIpc) is 2.84. The van der Waals surface area contributed by atoms with Gasteiger partial charge in [-0.15, -0.1) is 11.8 Å². The van der Waals surface area contributed by atoms with E-state index in [-0.39, 0.29) is 12.7 Å². The highest BCUT2D eigenvalue weighted by atomic mass is 32.2. The van der Waals surface area contributed by atoms with Crippen LogP contribution >= 0.6 is 11.8 Å². The third-order valence-electron chi connectivity index (χ3n) is 5.36. The first-order valence-electron chi connectivity index (χ1n) is 11.8. The molecule has 0 heterocycles. The van der Waals surface area contributed by atoms with Crippen LogP contribution in [0.5, 0.6) is 23.0 Å². The maximum Gasteiger partial charge on any atom is 0.416 e. The number of ether oxygens (including phenoxy) is 3. The lowest BCUT2D eigenvalue weighted by atomic mass is 10.1. The van der Waals surface area contributed by atoms with Crippen molar-refractivity contribution in [3.63, 3.8) is 0 Å². The van der Waals surface area contributed by atoms with E-state index in [9.17, 15) is 18.0 Å². The molecule has 3 aromatic rings. The van der Waals surface area contributed by atoms with Crippen LogP contribution < -0.4 is 14.2 Å². The van der Waals surface area contributed by atoms with Gasteiger partial charge in [-0.05, 0) is 92.1 Å². The van der Waals surface area contributed by atoms with Crippen molar-refractivity contribution in [2.75, 3.05) is 12.4 Å². The third-order valence-corrected chi connectivity index (χ3v) is 6.39. The number of benzene rings is 3. The van der Waals surface area contributed by atoms with Crippen LogP contribution in [0.2, 0.25) is 0 Å². The number of alkyl halides is 3. The summed E-state index contributed by atoms with van der Waals surface area (Å²) in [5.41, 5.74) is 0.159. The lowest BCUT2D eigenvalue weighted by molar-refractivity contribution is -0.139. The van der Waals surface area contributed by atoms with Gasteiger partial charge in [0.05, 0.1) is 11.7 Å². The van der Waals surface area contributed by atoms with E-state index >= 15 is 0 Å². The highest BCUT2D eigenvalue weighted by Crippen LogP contribution is 2.32. The minimum atomic E-state index is -4.38. The average molecular weight is 535 g/mol. The lowest BCUT2D eigenvalue weighted by Crippen LogP contribution is -2.17. The predicted molar refractivity (Wildman–Crippen MR) is 137 cm³/mol. The molecule has 3 rings (SSSR count). The van der Waals surface area contributed by atoms with Crippen LogP contribution in [-0.4, -0.2) is 29.5 Å². The van der Waals surface area contributed by atoms with Crippen LogP contribution in [-0.2, 0) is 11.0 Å². The Kier molecular flexibility index (Phi) is 10.1. The van der Waals surface area contributed by atoms with Gasteiger partial charge < -0.3 is 19.3 Å². The molecule has 198 valence electrons. The fraction of sp³-hybridized carbons (Fsp3) is 0.321. The van der Waals surface area contributed by atoms with Crippen LogP contribution in [0, 0.1) is 6.92 Å². The number of hydrogen-bond donors (Lipinski definition) is 1. The topological polar surface area (TPSA) is 65.0 Å². The van der Waals surface area contributed by atoms with Crippen LogP contribution in [0.25, 0.3) is 0 Å². The summed E-state index contributed by atoms with van der Waals surface area (Å²) in [6.07, 6.45) is -1.66. The molecule has 37 heavy (non-hydrogen) atoms. The molecule has 0 saturated carbocycles. The first-order chi connectivity index (χ1) is 17.6. The lowest BCUT2D eigenvalue weighted by Gasteiger charge is -2.19. The van der Waals surface area contributed by atoms with Gasteiger partial charge in [0.1, 0.15) is 23.0 Å². The Balaban J connectivity index is 1.50. The molecule has 0 radical (unpaired) electrons. The van der Waals surface area contributed by atoms with E-state index in [4.69, 9.17) is 19.3 Å². The number of aliphatic carboxylic acids is 1. The molecule has 1 N–H and O–H groups in total. The van der Waals surface area contributed by atoms with Crippen molar-refractivity contribution >= 4 is 17.7 Å². The fourth-order valence-electron chi connectivity index (χ4n) is 3.53. The van der Waals surface area contributed by atoms with E-state index < -0.39 is 17.7 Å². The van der Waals surface area contributed by atoms with E-state index in [1.54, 1.807) is 42.1 Å². The standard InChI is InChI=1S/C28H29F3O5S/c1-3-4-21(15-16-37-25-13-14-26(19(2)17-25)34-18-27(32)33)35-23-9-11-24(12-10-23)36-22-7-5-20(6-8-22)28(29,30)31/h5-14,17,21H,3-4,15-16,18H2,1-2H3,(H,32,33)/t21-/m1/s1. The molecule has 0 aliphatic carbocycles. The summed E-state index contributed by atoms with van der Waals surface area (Å²) in [5, 5.41) is 8.76. The van der Waals surface area contributed by atoms with Crippen molar-refractivity contribution in [3.05, 3.63) is 77.9 Å². The van der Waals surface area contributed by atoms with Crippen molar-refractivity contribution in [2.24, 2.45) is 0 Å². The Hall–Kier alpha value is -3.33. The fourth-order valence-corrected chi connectivity index (χ4v) is 4.57. The van der Waals surface area contributed by atoms with Gasteiger partial charge in [-0.3, -0.25) is 0 Å². The molecule has 0 unspecified atom stereocenters. The summed E-state index contributed by atoms with van der Waals surface area (Å²) < 4.78 is 55.2. The molecular formula is C28H29F3O5S. The number of carboxylic acid groups (broad SMARTS) is 1. The van der Waals surface area contributed by atoms with Crippen LogP contribution in [0.4, 0.5) is 13.2 Å². The van der Waals surface area contributed by atoms with Gasteiger partial charge in [0.15, 0.2) is 6.61 Å². The van der Waals surface area contributed by atoms with Crippen molar-refractivity contribution in [3.8, 4) is 23.0 Å². The zero-order valence-corrected chi connectivity index (χ0v) is 21.4. The van der Waals surface area contributed by atoms with Gasteiger partial charge in [-0.25, -0.2) is 4.79 Å². The van der Waals surface area contributed by atoms with Crippen LogP contribution in [0.1, 0.15) is 37.3 Å². The normalized spacial score (nSPS) is 12.1. The molecule has 0 saturated heterocycles. The van der Waals surface area contributed by atoms with Gasteiger partial charge in [0, 0.05) is 10.6 Å². The highest BCUT2D eigenvalue weighted by molar-refractivity contribution is 7.99. The summed E-state index contributed by atoms with van der Waals surface area (Å²) in [6.45, 7) is 3.62. The van der Waals surface area contributed by atoms with Gasteiger partial charge >= 0.3 is 12.1 Å². The quantitative estimate of drug-likeness (QED) is 0.224. The second-order valence-corrected chi connectivity index (χ2v) is 9.54. The number of rotatable bonds is 13. The Bertz CT molecular complexity index is 1150. The van der Waals surface area contributed by atoms with E-state index in [1.807, 2.05) is 19.1 Å². The van der Waals surface area contributed by atoms with E-state index in [2.05, 4.69) is 6.92 Å². The first-order valence-corrected chi connectivity index (χ1v) is 12.8. The molecular weight excluding hydrogens is 505 g/mol. The van der Waals surface area contributed by atoms with Gasteiger partial charge in [-0.2, -0.15) is 13.2 Å². The number of hydrogen-bond acceptors (Lipinski definition) is 5. The predicted octanol–water partition coefficient (Wildman–Crippen LogP) is 8.00. The monoisotopic (exact) mass is 534 g/mol. The highest BCUT2D eigenvalue weighted by Gasteiger charge is 2.30. The molecule has 0 aliphatic rings. The molecule has 0 aromatic heterocycles. The number of thioether (sulfide) groups is 1. The second-order valence-electron chi connectivity index (χ2n) is 8.37. The Labute approximate surface area is 218 Å². The van der Waals surface area contributed by atoms with Crippen LogP contribution in [0.15, 0.2) is 71.6 Å². The molecule has 9 heteroatoms. The minimum Gasteiger partial charge on any atom is -0.490 e. The molecule has 0 fully saturated rings. The van der Waals surface area contributed by atoms with Gasteiger partial charge in [0.25, 0.3) is 0 Å².